The number of halogens is 1. The molecule has 0 aromatic rings. The van der Waals surface area contributed by atoms with E-state index in [0.717, 1.165) is 0 Å². The molecule has 174 valence electrons. The molecule has 0 aromatic carbocycles. The lowest BCUT2D eigenvalue weighted by molar-refractivity contribution is -0.152. The van der Waals surface area contributed by atoms with Gasteiger partial charge in [0.1, 0.15) is 22.9 Å². The molecule has 0 spiro atoms. The van der Waals surface area contributed by atoms with Crippen molar-refractivity contribution in [3.05, 3.63) is 24.7 Å². The first-order valence-corrected chi connectivity index (χ1v) is 11.9. The zero-order valence-corrected chi connectivity index (χ0v) is 19.6. The van der Waals surface area contributed by atoms with Gasteiger partial charge in [0, 0.05) is 12.3 Å². The molecule has 6 atom stereocenters. The minimum absolute atomic E-state index is 0.0238. The first-order valence-electron chi connectivity index (χ1n) is 10.0. The van der Waals surface area contributed by atoms with Crippen LogP contribution in [-0.4, -0.2) is 59.4 Å². The number of carbonyl (C=O) groups excluding carboxylic acids is 2. The van der Waals surface area contributed by atoms with Gasteiger partial charge in [-0.25, -0.2) is 4.57 Å². The Hall–Kier alpha value is -1.42. The average molecular weight is 479 g/mol. The van der Waals surface area contributed by atoms with Crippen LogP contribution in [0.4, 0.5) is 0 Å². The Balaban J connectivity index is 1.61. The van der Waals surface area contributed by atoms with Crippen LogP contribution < -0.4 is 5.32 Å². The molecular formula is C19H28ClN2O8P. The lowest BCUT2D eigenvalue weighted by atomic mass is 10.0. The summed E-state index contributed by atoms with van der Waals surface area (Å²) in [5, 5.41) is 2.58. The number of esters is 1. The van der Waals surface area contributed by atoms with E-state index in [9.17, 15) is 14.2 Å². The Bertz CT molecular complexity index is 817. The van der Waals surface area contributed by atoms with E-state index in [1.807, 2.05) is 0 Å². The molecule has 1 amide bonds. The van der Waals surface area contributed by atoms with Crippen LogP contribution in [-0.2, 0) is 37.2 Å². The molecule has 3 aliphatic rings. The summed E-state index contributed by atoms with van der Waals surface area (Å²) in [6, 6.07) is 0. The Morgan fingerprint density at radius 1 is 1.48 bits per heavy atom. The summed E-state index contributed by atoms with van der Waals surface area (Å²) in [6.45, 7) is 10.6. The third kappa shape index (κ3) is 5.32. The fourth-order valence-electron chi connectivity index (χ4n) is 3.42. The number of phosphoric acid groups is 1. The zero-order chi connectivity index (χ0) is 23.0. The van der Waals surface area contributed by atoms with Crippen molar-refractivity contribution in [2.24, 2.45) is 5.92 Å². The number of hydrogen-bond acceptors (Lipinski definition) is 9. The maximum Gasteiger partial charge on any atom is 0.475 e. The van der Waals surface area contributed by atoms with E-state index in [0.29, 0.717) is 5.82 Å². The van der Waals surface area contributed by atoms with Gasteiger partial charge >= 0.3 is 13.8 Å². The van der Waals surface area contributed by atoms with Gasteiger partial charge in [0.05, 0.1) is 25.2 Å². The third-order valence-electron chi connectivity index (χ3n) is 5.09. The summed E-state index contributed by atoms with van der Waals surface area (Å²) in [7, 11) is -3.91. The van der Waals surface area contributed by atoms with Crippen molar-refractivity contribution < 1.29 is 37.2 Å². The van der Waals surface area contributed by atoms with E-state index in [2.05, 4.69) is 11.9 Å². The average Bonchev–Trinajstić information content (AvgIpc) is 2.91. The molecule has 0 bridgehead atoms. The Labute approximate surface area is 186 Å². The largest absolute Gasteiger partial charge is 0.475 e. The van der Waals surface area contributed by atoms with Gasteiger partial charge in [-0.2, -0.15) is 0 Å². The monoisotopic (exact) mass is 478 g/mol. The van der Waals surface area contributed by atoms with E-state index >= 15 is 0 Å². The van der Waals surface area contributed by atoms with Crippen LogP contribution in [0.3, 0.4) is 0 Å². The number of ether oxygens (including phenoxy) is 2. The molecule has 10 nitrogen and oxygen atoms in total. The second-order valence-corrected chi connectivity index (χ2v) is 10.6. The standard InChI is InChI=1S/C19H28ClN2O8P/c1-11(2)28-17(24)12(3)7-9-26-31(25)27-10-14-16(30-31)19(5,20)18(29-14)22-8-6-15(23)21-13(22)4/h6,8,11-12,14,16,18H,4,7,9-10H2,1-3,5H3,(H,21,23)/t12?,14-,16-,18-,19-,31-/m1/s1. The number of nitrogens with zero attached hydrogens (tertiary/aromatic N) is 1. The quantitative estimate of drug-likeness (QED) is 0.335. The molecule has 1 N–H and O–H groups in total. The summed E-state index contributed by atoms with van der Waals surface area (Å²) in [5.41, 5.74) is 0. The highest BCUT2D eigenvalue weighted by atomic mass is 35.5. The lowest BCUT2D eigenvalue weighted by Crippen LogP contribution is -2.51. The predicted molar refractivity (Wildman–Crippen MR) is 111 cm³/mol. The van der Waals surface area contributed by atoms with E-state index in [1.54, 1.807) is 32.6 Å². The molecule has 1 unspecified atom stereocenters. The van der Waals surface area contributed by atoms with Crippen LogP contribution in [0, 0.1) is 5.92 Å². The van der Waals surface area contributed by atoms with Gasteiger partial charge < -0.3 is 19.7 Å². The SMILES string of the molecule is C=C1NC(=O)C=CN1[C@@H]1O[C@@H]2CO[P@@](=O)(OCCC(C)C(=O)OC(C)C)O[C@H]2[C@@]1(C)Cl. The van der Waals surface area contributed by atoms with Crippen molar-refractivity contribution in [2.45, 2.75) is 63.5 Å². The number of amides is 1. The van der Waals surface area contributed by atoms with Gasteiger partial charge in [-0.1, -0.05) is 13.5 Å². The van der Waals surface area contributed by atoms with Gasteiger partial charge in [-0.05, 0) is 27.2 Å². The highest BCUT2D eigenvalue weighted by Crippen LogP contribution is 2.59. The van der Waals surface area contributed by atoms with Crippen molar-refractivity contribution in [1.82, 2.24) is 10.2 Å². The molecule has 2 saturated heterocycles. The molecular weight excluding hydrogens is 451 g/mol. The van der Waals surface area contributed by atoms with Gasteiger partial charge in [0.25, 0.3) is 5.91 Å². The summed E-state index contributed by atoms with van der Waals surface area (Å²) in [5.74, 6) is -0.802. The summed E-state index contributed by atoms with van der Waals surface area (Å²) in [6.07, 6.45) is 0.743. The number of phosphoric ester groups is 1. The molecule has 31 heavy (non-hydrogen) atoms. The molecule has 0 radical (unpaired) electrons. The number of alkyl halides is 1. The van der Waals surface area contributed by atoms with Gasteiger partial charge in [0.15, 0.2) is 6.23 Å². The first kappa shape index (κ1) is 24.2. The molecule has 3 aliphatic heterocycles. The van der Waals surface area contributed by atoms with E-state index in [1.165, 1.54) is 12.3 Å². The van der Waals surface area contributed by atoms with Gasteiger partial charge in [-0.3, -0.25) is 23.2 Å². The smallest absolute Gasteiger partial charge is 0.463 e. The Morgan fingerprint density at radius 3 is 2.84 bits per heavy atom. The molecule has 12 heteroatoms. The molecule has 0 saturated carbocycles. The minimum atomic E-state index is -3.91. The number of nitrogens with one attached hydrogen (secondary N) is 1. The number of fused-ring (bicyclic) bond motifs is 1. The first-order chi connectivity index (χ1) is 14.4. The maximum atomic E-state index is 13.0. The number of carbonyl (C=O) groups is 2. The fraction of sp³-hybridized carbons (Fsp3) is 0.684. The Morgan fingerprint density at radius 2 is 2.19 bits per heavy atom. The van der Waals surface area contributed by atoms with Crippen molar-refractivity contribution in [2.75, 3.05) is 13.2 Å². The van der Waals surface area contributed by atoms with Crippen molar-refractivity contribution >= 4 is 31.3 Å². The number of hydrogen-bond donors (Lipinski definition) is 1. The molecule has 3 heterocycles. The zero-order valence-electron chi connectivity index (χ0n) is 17.9. The summed E-state index contributed by atoms with van der Waals surface area (Å²) >= 11 is 6.77. The summed E-state index contributed by atoms with van der Waals surface area (Å²) < 4.78 is 40.5. The minimum Gasteiger partial charge on any atom is -0.463 e. The van der Waals surface area contributed by atoms with Crippen LogP contribution in [0.25, 0.3) is 0 Å². The highest BCUT2D eigenvalue weighted by Gasteiger charge is 2.61. The molecule has 0 aromatic heterocycles. The highest BCUT2D eigenvalue weighted by molar-refractivity contribution is 7.48. The molecule has 3 rings (SSSR count). The van der Waals surface area contributed by atoms with Crippen molar-refractivity contribution in [3.8, 4) is 0 Å². The van der Waals surface area contributed by atoms with Crippen molar-refractivity contribution in [1.29, 1.82) is 0 Å². The Kier molecular flexibility index (Phi) is 7.20. The van der Waals surface area contributed by atoms with E-state index in [-0.39, 0.29) is 37.6 Å². The second kappa shape index (κ2) is 9.21. The van der Waals surface area contributed by atoms with Crippen LogP contribution >= 0.6 is 19.4 Å². The normalized spacial score (nSPS) is 36.3. The molecule has 2 fully saturated rings. The lowest BCUT2D eigenvalue weighted by Gasteiger charge is -2.38. The van der Waals surface area contributed by atoms with Gasteiger partial charge in [-0.15, -0.1) is 11.6 Å². The van der Waals surface area contributed by atoms with E-state index in [4.69, 9.17) is 34.6 Å². The van der Waals surface area contributed by atoms with Crippen molar-refractivity contribution in [3.63, 3.8) is 0 Å². The third-order valence-corrected chi connectivity index (χ3v) is 6.94. The fourth-order valence-corrected chi connectivity index (χ4v) is 5.32. The van der Waals surface area contributed by atoms with E-state index < -0.39 is 37.1 Å². The van der Waals surface area contributed by atoms with Crippen LogP contribution in [0.2, 0.25) is 0 Å². The molecule has 0 aliphatic carbocycles. The number of rotatable bonds is 7. The van der Waals surface area contributed by atoms with Crippen LogP contribution in [0.5, 0.6) is 0 Å². The predicted octanol–water partition coefficient (Wildman–Crippen LogP) is 2.64. The second-order valence-electron chi connectivity index (χ2n) is 8.11. The topological polar surface area (TPSA) is 113 Å². The maximum absolute atomic E-state index is 13.0. The van der Waals surface area contributed by atoms with Gasteiger partial charge in [0.2, 0.25) is 0 Å². The van der Waals surface area contributed by atoms with Crippen LogP contribution in [0.1, 0.15) is 34.1 Å². The van der Waals surface area contributed by atoms with Crippen LogP contribution in [0.15, 0.2) is 24.7 Å². The summed E-state index contributed by atoms with van der Waals surface area (Å²) in [4.78, 5) is 23.8.